The van der Waals surface area contributed by atoms with Crippen molar-refractivity contribution in [1.29, 1.82) is 0 Å². The summed E-state index contributed by atoms with van der Waals surface area (Å²) >= 11 is 0. The third-order valence-corrected chi connectivity index (χ3v) is 2.20. The summed E-state index contributed by atoms with van der Waals surface area (Å²) in [6.45, 7) is 1.64. The average molecular weight is 239 g/mol. The summed E-state index contributed by atoms with van der Waals surface area (Å²) in [4.78, 5) is 11.2. The first-order chi connectivity index (χ1) is 7.52. The number of carbonyl (C=O) groups excluding carboxylic acids is 1. The van der Waals surface area contributed by atoms with Gasteiger partial charge in [0.05, 0.1) is 7.11 Å². The molecule has 96 valence electrons. The molecule has 0 saturated heterocycles. The molecule has 0 aromatic heterocycles. The minimum Gasteiger partial charge on any atom is -0.468 e. The van der Waals surface area contributed by atoms with Crippen molar-refractivity contribution in [3.05, 3.63) is 0 Å². The lowest BCUT2D eigenvalue weighted by molar-refractivity contribution is -0.143. The fourth-order valence-electron chi connectivity index (χ4n) is 1.21. The Kier molecular flexibility index (Phi) is 8.01. The Morgan fingerprint density at radius 3 is 2.56 bits per heavy atom. The van der Waals surface area contributed by atoms with E-state index in [0.29, 0.717) is 6.42 Å². The van der Waals surface area contributed by atoms with Gasteiger partial charge >= 0.3 is 5.97 Å². The minimum atomic E-state index is -2.81. The summed E-state index contributed by atoms with van der Waals surface area (Å²) in [7, 11) is 1.24. The van der Waals surface area contributed by atoms with Crippen LogP contribution in [0.3, 0.4) is 0 Å². The molecular formula is C10H19F2NO3. The number of hydrogen-bond acceptors (Lipinski definition) is 4. The van der Waals surface area contributed by atoms with E-state index in [9.17, 15) is 13.6 Å². The molecule has 0 fully saturated rings. The summed E-state index contributed by atoms with van der Waals surface area (Å²) in [5.74, 6) is -0.491. The number of halogens is 2. The minimum absolute atomic E-state index is 0.318. The van der Waals surface area contributed by atoms with Gasteiger partial charge in [-0.15, -0.1) is 0 Å². The van der Waals surface area contributed by atoms with E-state index in [1.165, 1.54) is 7.11 Å². The van der Waals surface area contributed by atoms with Crippen molar-refractivity contribution >= 4 is 5.97 Å². The zero-order valence-electron chi connectivity index (χ0n) is 9.58. The molecule has 0 rings (SSSR count). The molecule has 0 aliphatic carbocycles. The van der Waals surface area contributed by atoms with E-state index in [0.717, 1.165) is 12.8 Å². The maximum Gasteiger partial charge on any atom is 0.322 e. The fourth-order valence-corrected chi connectivity index (χ4v) is 1.21. The number of methoxy groups -OCH3 is 1. The van der Waals surface area contributed by atoms with Crippen LogP contribution in [0.5, 0.6) is 0 Å². The van der Waals surface area contributed by atoms with Gasteiger partial charge in [-0.05, 0) is 6.42 Å². The molecule has 2 atom stereocenters. The molecule has 0 spiro atoms. The highest BCUT2D eigenvalue weighted by Gasteiger charge is 2.22. The van der Waals surface area contributed by atoms with E-state index < -0.39 is 24.5 Å². The number of rotatable bonds is 8. The third kappa shape index (κ3) is 5.97. The smallest absolute Gasteiger partial charge is 0.322 e. The maximum atomic E-state index is 12.0. The first-order valence-electron chi connectivity index (χ1n) is 5.30. The fraction of sp³-hybridized carbons (Fsp3) is 0.900. The van der Waals surface area contributed by atoms with E-state index in [-0.39, 0.29) is 6.54 Å². The predicted octanol–water partition coefficient (Wildman–Crippen LogP) is 0.934. The van der Waals surface area contributed by atoms with Gasteiger partial charge in [0.25, 0.3) is 6.43 Å². The molecule has 0 aliphatic heterocycles. The standard InChI is InChI=1S/C10H19F2NO3/c1-3-4-5-7(10(15)16-2)13-6-8(14)9(11)12/h7-9,13-14H,3-6H2,1-2H3. The SMILES string of the molecule is CCCCC(NCC(O)C(F)F)C(=O)OC. The van der Waals surface area contributed by atoms with Crippen molar-refractivity contribution in [3.63, 3.8) is 0 Å². The normalized spacial score (nSPS) is 14.9. The van der Waals surface area contributed by atoms with Crippen molar-refractivity contribution in [2.45, 2.75) is 44.8 Å². The summed E-state index contributed by atoms with van der Waals surface area (Å²) < 4.78 is 28.5. The van der Waals surface area contributed by atoms with Crippen LogP contribution in [-0.2, 0) is 9.53 Å². The number of ether oxygens (including phenoxy) is 1. The lowest BCUT2D eigenvalue weighted by atomic mass is 10.1. The lowest BCUT2D eigenvalue weighted by Gasteiger charge is -2.18. The molecule has 0 amide bonds. The molecule has 2 N–H and O–H groups in total. The highest BCUT2D eigenvalue weighted by atomic mass is 19.3. The number of esters is 1. The van der Waals surface area contributed by atoms with E-state index in [1.54, 1.807) is 0 Å². The predicted molar refractivity (Wildman–Crippen MR) is 55.3 cm³/mol. The molecule has 0 bridgehead atoms. The molecule has 4 nitrogen and oxygen atoms in total. The number of nitrogens with one attached hydrogen (secondary N) is 1. The third-order valence-electron chi connectivity index (χ3n) is 2.20. The van der Waals surface area contributed by atoms with Gasteiger partial charge in [-0.25, -0.2) is 8.78 Å². The van der Waals surface area contributed by atoms with E-state index >= 15 is 0 Å². The molecular weight excluding hydrogens is 220 g/mol. The second kappa shape index (κ2) is 8.41. The molecule has 0 heterocycles. The van der Waals surface area contributed by atoms with Crippen LogP contribution in [0.1, 0.15) is 26.2 Å². The Labute approximate surface area is 94.0 Å². The maximum absolute atomic E-state index is 12.0. The molecule has 0 saturated carbocycles. The zero-order valence-corrected chi connectivity index (χ0v) is 9.58. The van der Waals surface area contributed by atoms with Crippen molar-refractivity contribution in [3.8, 4) is 0 Å². The Morgan fingerprint density at radius 2 is 2.12 bits per heavy atom. The van der Waals surface area contributed by atoms with Crippen molar-refractivity contribution in [2.24, 2.45) is 0 Å². The Morgan fingerprint density at radius 1 is 1.50 bits per heavy atom. The first kappa shape index (κ1) is 15.2. The van der Waals surface area contributed by atoms with E-state index in [2.05, 4.69) is 10.1 Å². The van der Waals surface area contributed by atoms with Crippen LogP contribution in [0.25, 0.3) is 0 Å². The van der Waals surface area contributed by atoms with Crippen LogP contribution in [0.4, 0.5) is 8.78 Å². The topological polar surface area (TPSA) is 58.6 Å². The van der Waals surface area contributed by atoms with E-state index in [1.807, 2.05) is 6.92 Å². The molecule has 2 unspecified atom stereocenters. The first-order valence-corrected chi connectivity index (χ1v) is 5.30. The monoisotopic (exact) mass is 239 g/mol. The largest absolute Gasteiger partial charge is 0.468 e. The summed E-state index contributed by atoms with van der Waals surface area (Å²) in [6, 6.07) is -0.627. The lowest BCUT2D eigenvalue weighted by Crippen LogP contribution is -2.43. The molecule has 0 aromatic rings. The van der Waals surface area contributed by atoms with Crippen LogP contribution >= 0.6 is 0 Å². The molecule has 16 heavy (non-hydrogen) atoms. The van der Waals surface area contributed by atoms with Gasteiger partial charge in [0.2, 0.25) is 0 Å². The molecule has 0 aliphatic rings. The van der Waals surface area contributed by atoms with Gasteiger partial charge in [0, 0.05) is 6.54 Å². The van der Waals surface area contributed by atoms with Gasteiger partial charge < -0.3 is 15.2 Å². The Hall–Kier alpha value is -0.750. The number of hydrogen-bond donors (Lipinski definition) is 2. The quantitative estimate of drug-likeness (QED) is 0.619. The Bertz CT molecular complexity index is 203. The van der Waals surface area contributed by atoms with Crippen molar-refractivity contribution < 1.29 is 23.4 Å². The van der Waals surface area contributed by atoms with Gasteiger partial charge in [0.15, 0.2) is 0 Å². The van der Waals surface area contributed by atoms with Gasteiger partial charge in [-0.3, -0.25) is 4.79 Å². The summed E-state index contributed by atoms with van der Waals surface area (Å²) in [6.07, 6.45) is -2.37. The zero-order chi connectivity index (χ0) is 12.6. The second-order valence-electron chi connectivity index (χ2n) is 3.53. The van der Waals surface area contributed by atoms with Crippen LogP contribution in [0.2, 0.25) is 0 Å². The highest BCUT2D eigenvalue weighted by Crippen LogP contribution is 2.04. The number of aliphatic hydroxyl groups is 1. The number of carbonyl (C=O) groups is 1. The van der Waals surface area contributed by atoms with Crippen molar-refractivity contribution in [2.75, 3.05) is 13.7 Å². The average Bonchev–Trinajstić information content (AvgIpc) is 2.27. The number of aliphatic hydroxyl groups excluding tert-OH is 1. The Balaban J connectivity index is 4.05. The number of unbranched alkanes of at least 4 members (excludes halogenated alkanes) is 1. The van der Waals surface area contributed by atoms with E-state index in [4.69, 9.17) is 5.11 Å². The van der Waals surface area contributed by atoms with Crippen LogP contribution in [-0.4, -0.2) is 43.3 Å². The second-order valence-corrected chi connectivity index (χ2v) is 3.53. The summed E-state index contributed by atoms with van der Waals surface area (Å²) in [5.41, 5.74) is 0. The molecule has 6 heteroatoms. The number of alkyl halides is 2. The molecule has 0 aromatic carbocycles. The van der Waals surface area contributed by atoms with Gasteiger partial charge in [-0.2, -0.15) is 0 Å². The van der Waals surface area contributed by atoms with Crippen LogP contribution in [0.15, 0.2) is 0 Å². The van der Waals surface area contributed by atoms with Gasteiger partial charge in [0.1, 0.15) is 12.1 Å². The van der Waals surface area contributed by atoms with Crippen LogP contribution in [0, 0.1) is 0 Å². The van der Waals surface area contributed by atoms with Crippen LogP contribution < -0.4 is 5.32 Å². The summed E-state index contributed by atoms with van der Waals surface area (Å²) in [5, 5.41) is 11.5. The van der Waals surface area contributed by atoms with Crippen molar-refractivity contribution in [1.82, 2.24) is 5.32 Å². The highest BCUT2D eigenvalue weighted by molar-refractivity contribution is 5.75. The molecule has 0 radical (unpaired) electrons. The van der Waals surface area contributed by atoms with Gasteiger partial charge in [-0.1, -0.05) is 19.8 Å².